The number of methoxy groups -OCH3 is 1. The molecular formula is C16H20N6O2S2. The first-order valence-electron chi connectivity index (χ1n) is 8.05. The van der Waals surface area contributed by atoms with Crippen LogP contribution in [0, 0.1) is 0 Å². The first kappa shape index (κ1) is 18.6. The Bertz CT molecular complexity index is 753. The number of nitrogen functional groups attached to an aromatic ring is 1. The maximum absolute atomic E-state index is 5.82. The van der Waals surface area contributed by atoms with Crippen LogP contribution < -0.4 is 15.8 Å². The Kier molecular flexibility index (Phi) is 6.42. The largest absolute Gasteiger partial charge is 0.497 e. The van der Waals surface area contributed by atoms with Crippen LogP contribution in [-0.4, -0.2) is 57.6 Å². The van der Waals surface area contributed by atoms with Crippen molar-refractivity contribution < 1.29 is 9.47 Å². The van der Waals surface area contributed by atoms with Crippen molar-refractivity contribution in [3.63, 3.8) is 0 Å². The van der Waals surface area contributed by atoms with Crippen LogP contribution in [0.25, 0.3) is 0 Å². The zero-order valence-electron chi connectivity index (χ0n) is 14.3. The Morgan fingerprint density at radius 3 is 2.69 bits per heavy atom. The normalized spacial score (nSPS) is 14.1. The molecule has 26 heavy (non-hydrogen) atoms. The van der Waals surface area contributed by atoms with Gasteiger partial charge in [0.1, 0.15) is 15.9 Å². The number of hydrogen-bond donors (Lipinski definition) is 2. The molecule has 0 atom stereocenters. The molecule has 3 rings (SSSR count). The minimum atomic E-state index is 0.170. The molecule has 0 aliphatic carbocycles. The van der Waals surface area contributed by atoms with Crippen LogP contribution in [0.3, 0.4) is 0 Å². The third kappa shape index (κ3) is 5.16. The SMILES string of the molecule is COc1ccc(Nc2nc(N)nc(CSC(=S)N3CCOCC3)n2)cc1. The van der Waals surface area contributed by atoms with Gasteiger partial charge in [-0.05, 0) is 24.3 Å². The summed E-state index contributed by atoms with van der Waals surface area (Å²) in [5.41, 5.74) is 6.65. The average molecular weight is 393 g/mol. The van der Waals surface area contributed by atoms with Crippen molar-refractivity contribution in [2.24, 2.45) is 0 Å². The molecule has 1 aliphatic heterocycles. The van der Waals surface area contributed by atoms with E-state index in [-0.39, 0.29) is 5.95 Å². The fourth-order valence-corrected chi connectivity index (χ4v) is 3.43. The van der Waals surface area contributed by atoms with Gasteiger partial charge in [-0.2, -0.15) is 15.0 Å². The molecule has 0 amide bonds. The fraction of sp³-hybridized carbons (Fsp3) is 0.375. The van der Waals surface area contributed by atoms with Crippen LogP contribution >= 0.6 is 24.0 Å². The van der Waals surface area contributed by atoms with Crippen molar-refractivity contribution in [1.82, 2.24) is 19.9 Å². The van der Waals surface area contributed by atoms with Gasteiger partial charge in [0.25, 0.3) is 0 Å². The topological polar surface area (TPSA) is 98.4 Å². The van der Waals surface area contributed by atoms with Crippen LogP contribution in [0.1, 0.15) is 5.82 Å². The van der Waals surface area contributed by atoms with Gasteiger partial charge in [0.05, 0.1) is 26.1 Å². The van der Waals surface area contributed by atoms with Gasteiger partial charge in [-0.1, -0.05) is 24.0 Å². The smallest absolute Gasteiger partial charge is 0.232 e. The van der Waals surface area contributed by atoms with E-state index in [1.807, 2.05) is 24.3 Å². The quantitative estimate of drug-likeness (QED) is 0.736. The summed E-state index contributed by atoms with van der Waals surface area (Å²) in [6.07, 6.45) is 0. The number of nitrogens with two attached hydrogens (primary N) is 1. The van der Waals surface area contributed by atoms with Crippen LogP contribution in [0.5, 0.6) is 5.75 Å². The van der Waals surface area contributed by atoms with Crippen LogP contribution in [0.4, 0.5) is 17.6 Å². The number of nitrogens with zero attached hydrogens (tertiary/aromatic N) is 4. The third-order valence-corrected chi connectivity index (χ3v) is 5.16. The molecule has 1 aromatic heterocycles. The number of hydrogen-bond acceptors (Lipinski definition) is 9. The number of thiocarbonyl (C=S) groups is 1. The molecule has 1 fully saturated rings. The molecule has 138 valence electrons. The van der Waals surface area contributed by atoms with E-state index in [1.54, 1.807) is 7.11 Å². The van der Waals surface area contributed by atoms with Crippen LogP contribution in [0.2, 0.25) is 0 Å². The van der Waals surface area contributed by atoms with Gasteiger partial charge < -0.3 is 25.4 Å². The molecule has 1 saturated heterocycles. The van der Waals surface area contributed by atoms with Crippen LogP contribution in [-0.2, 0) is 10.5 Å². The second-order valence-electron chi connectivity index (χ2n) is 5.44. The number of ether oxygens (including phenoxy) is 2. The molecule has 10 heteroatoms. The lowest BCUT2D eigenvalue weighted by Gasteiger charge is -2.28. The summed E-state index contributed by atoms with van der Waals surface area (Å²) in [6.45, 7) is 3.04. The molecule has 1 aromatic carbocycles. The van der Waals surface area contributed by atoms with Crippen molar-refractivity contribution >= 4 is 45.9 Å². The highest BCUT2D eigenvalue weighted by atomic mass is 32.2. The summed E-state index contributed by atoms with van der Waals surface area (Å²) in [6, 6.07) is 7.45. The van der Waals surface area contributed by atoms with Gasteiger partial charge in [0.15, 0.2) is 0 Å². The van der Waals surface area contributed by atoms with Crippen molar-refractivity contribution in [3.8, 4) is 5.75 Å². The Hall–Kier alpha value is -2.17. The summed E-state index contributed by atoms with van der Waals surface area (Å²) in [5, 5.41) is 3.12. The first-order chi connectivity index (χ1) is 12.6. The van der Waals surface area contributed by atoms with Gasteiger partial charge in [-0.3, -0.25) is 0 Å². The van der Waals surface area contributed by atoms with E-state index in [1.165, 1.54) is 11.8 Å². The number of anilines is 3. The highest BCUT2D eigenvalue weighted by Crippen LogP contribution is 2.20. The molecule has 8 nitrogen and oxygen atoms in total. The third-order valence-electron chi connectivity index (χ3n) is 3.64. The molecule has 1 aliphatic rings. The molecule has 0 bridgehead atoms. The zero-order chi connectivity index (χ0) is 18.4. The Labute approximate surface area is 161 Å². The lowest BCUT2D eigenvalue weighted by Crippen LogP contribution is -2.38. The van der Waals surface area contributed by atoms with E-state index in [0.717, 1.165) is 28.8 Å². The molecule has 2 heterocycles. The maximum atomic E-state index is 5.82. The minimum Gasteiger partial charge on any atom is -0.497 e. The summed E-state index contributed by atoms with van der Waals surface area (Å²) in [7, 11) is 1.63. The molecule has 0 saturated carbocycles. The van der Waals surface area contributed by atoms with E-state index in [9.17, 15) is 0 Å². The van der Waals surface area contributed by atoms with E-state index in [2.05, 4.69) is 25.2 Å². The molecule has 0 spiro atoms. The van der Waals surface area contributed by atoms with Gasteiger partial charge in [0, 0.05) is 18.8 Å². The maximum Gasteiger partial charge on any atom is 0.232 e. The number of nitrogens with one attached hydrogen (secondary N) is 1. The van der Waals surface area contributed by atoms with Gasteiger partial charge in [-0.15, -0.1) is 0 Å². The summed E-state index contributed by atoms with van der Waals surface area (Å²) in [4.78, 5) is 14.9. The van der Waals surface area contributed by atoms with Gasteiger partial charge in [0.2, 0.25) is 11.9 Å². The minimum absolute atomic E-state index is 0.170. The molecule has 0 unspecified atom stereocenters. The summed E-state index contributed by atoms with van der Waals surface area (Å²) < 4.78 is 11.3. The van der Waals surface area contributed by atoms with Crippen molar-refractivity contribution in [2.75, 3.05) is 44.5 Å². The van der Waals surface area contributed by atoms with Gasteiger partial charge >= 0.3 is 0 Å². The van der Waals surface area contributed by atoms with Crippen molar-refractivity contribution in [3.05, 3.63) is 30.1 Å². The highest BCUT2D eigenvalue weighted by molar-refractivity contribution is 8.22. The predicted molar refractivity (Wildman–Crippen MR) is 107 cm³/mol. The number of benzene rings is 1. The highest BCUT2D eigenvalue weighted by Gasteiger charge is 2.15. The van der Waals surface area contributed by atoms with E-state index in [0.29, 0.717) is 30.7 Å². The number of rotatable bonds is 5. The Morgan fingerprint density at radius 2 is 2.00 bits per heavy atom. The zero-order valence-corrected chi connectivity index (χ0v) is 16.0. The molecular weight excluding hydrogens is 372 g/mol. The molecule has 0 radical (unpaired) electrons. The standard InChI is InChI=1S/C16H20N6O2S2/c1-23-12-4-2-11(3-5-12)18-15-20-13(19-14(17)21-15)10-26-16(25)22-6-8-24-9-7-22/h2-5H,6-10H2,1H3,(H3,17,18,19,20,21). The van der Waals surface area contributed by atoms with E-state index < -0.39 is 0 Å². The van der Waals surface area contributed by atoms with E-state index >= 15 is 0 Å². The lowest BCUT2D eigenvalue weighted by atomic mass is 10.3. The predicted octanol–water partition coefficient (Wildman–Crippen LogP) is 2.06. The van der Waals surface area contributed by atoms with Crippen molar-refractivity contribution in [2.45, 2.75) is 5.75 Å². The average Bonchev–Trinajstić information content (AvgIpc) is 2.67. The van der Waals surface area contributed by atoms with Gasteiger partial charge in [-0.25, -0.2) is 0 Å². The number of thioether (sulfide) groups is 1. The fourth-order valence-electron chi connectivity index (χ4n) is 2.33. The Balaban J connectivity index is 1.62. The number of aromatic nitrogens is 3. The monoisotopic (exact) mass is 392 g/mol. The number of morpholine rings is 1. The lowest BCUT2D eigenvalue weighted by molar-refractivity contribution is 0.0702. The first-order valence-corrected chi connectivity index (χ1v) is 9.44. The van der Waals surface area contributed by atoms with Crippen molar-refractivity contribution in [1.29, 1.82) is 0 Å². The molecule has 2 aromatic rings. The van der Waals surface area contributed by atoms with E-state index in [4.69, 9.17) is 27.4 Å². The Morgan fingerprint density at radius 1 is 1.27 bits per heavy atom. The summed E-state index contributed by atoms with van der Waals surface area (Å²) >= 11 is 6.98. The van der Waals surface area contributed by atoms with Crippen LogP contribution in [0.15, 0.2) is 24.3 Å². The second-order valence-corrected chi connectivity index (χ2v) is 7.05. The second kappa shape index (κ2) is 8.97. The molecule has 3 N–H and O–H groups in total. The summed E-state index contributed by atoms with van der Waals surface area (Å²) in [5.74, 6) is 2.45.